The van der Waals surface area contributed by atoms with Crippen LogP contribution in [0.2, 0.25) is 0 Å². The fourth-order valence-corrected chi connectivity index (χ4v) is 4.02. The molecule has 0 aliphatic carbocycles. The number of hydrogen-bond acceptors (Lipinski definition) is 4. The van der Waals surface area contributed by atoms with E-state index >= 15 is 0 Å². The summed E-state index contributed by atoms with van der Waals surface area (Å²) in [6, 6.07) is 0.716. The van der Waals surface area contributed by atoms with Crippen molar-refractivity contribution in [3.8, 4) is 0 Å². The summed E-state index contributed by atoms with van der Waals surface area (Å²) in [5, 5.41) is 0. The SMILES string of the molecule is CCCN1CCCC(CN)(N2CCC(N(C)C)C2)CC1. The molecule has 4 nitrogen and oxygen atoms in total. The Bertz CT molecular complexity index is 294. The van der Waals surface area contributed by atoms with E-state index in [2.05, 4.69) is 35.7 Å². The molecule has 2 N–H and O–H groups in total. The van der Waals surface area contributed by atoms with Crippen LogP contribution in [0.5, 0.6) is 0 Å². The quantitative estimate of drug-likeness (QED) is 0.822. The molecule has 0 bridgehead atoms. The summed E-state index contributed by atoms with van der Waals surface area (Å²) in [6.07, 6.45) is 6.41. The van der Waals surface area contributed by atoms with Gasteiger partial charge < -0.3 is 15.5 Å². The van der Waals surface area contributed by atoms with Gasteiger partial charge >= 0.3 is 0 Å². The fourth-order valence-electron chi connectivity index (χ4n) is 4.02. The van der Waals surface area contributed by atoms with Crippen molar-refractivity contribution in [3.63, 3.8) is 0 Å². The van der Waals surface area contributed by atoms with E-state index in [1.807, 2.05) is 0 Å². The van der Waals surface area contributed by atoms with Crippen LogP contribution in [-0.4, -0.2) is 79.6 Å². The average Bonchev–Trinajstić information content (AvgIpc) is 2.84. The third-order valence-corrected chi connectivity index (χ3v) is 5.49. The minimum atomic E-state index is 0.271. The zero-order valence-electron chi connectivity index (χ0n) is 13.8. The van der Waals surface area contributed by atoms with Crippen molar-refractivity contribution in [2.24, 2.45) is 5.73 Å². The van der Waals surface area contributed by atoms with Crippen LogP contribution in [0.3, 0.4) is 0 Å². The summed E-state index contributed by atoms with van der Waals surface area (Å²) >= 11 is 0. The van der Waals surface area contributed by atoms with Crippen molar-refractivity contribution in [3.05, 3.63) is 0 Å². The van der Waals surface area contributed by atoms with Gasteiger partial charge in [0.15, 0.2) is 0 Å². The molecular formula is C16H34N4. The lowest BCUT2D eigenvalue weighted by Crippen LogP contribution is -2.54. The first-order valence-electron chi connectivity index (χ1n) is 8.45. The second-order valence-electron chi connectivity index (χ2n) is 6.98. The Morgan fingerprint density at radius 3 is 2.60 bits per heavy atom. The van der Waals surface area contributed by atoms with Crippen LogP contribution in [0.25, 0.3) is 0 Å². The van der Waals surface area contributed by atoms with Crippen molar-refractivity contribution in [1.29, 1.82) is 0 Å². The Morgan fingerprint density at radius 2 is 2.00 bits per heavy atom. The molecule has 0 aromatic carbocycles. The molecule has 0 amide bonds. The Labute approximate surface area is 125 Å². The fraction of sp³-hybridized carbons (Fsp3) is 1.00. The zero-order valence-corrected chi connectivity index (χ0v) is 13.8. The van der Waals surface area contributed by atoms with Crippen LogP contribution in [0.4, 0.5) is 0 Å². The second kappa shape index (κ2) is 7.21. The molecule has 118 valence electrons. The lowest BCUT2D eigenvalue weighted by molar-refractivity contribution is 0.0966. The summed E-state index contributed by atoms with van der Waals surface area (Å²) in [4.78, 5) is 7.73. The minimum absolute atomic E-state index is 0.271. The van der Waals surface area contributed by atoms with Crippen molar-refractivity contribution < 1.29 is 0 Å². The first-order chi connectivity index (χ1) is 9.61. The first-order valence-corrected chi connectivity index (χ1v) is 8.45. The zero-order chi connectivity index (χ0) is 14.6. The molecule has 2 unspecified atom stereocenters. The predicted molar refractivity (Wildman–Crippen MR) is 86.0 cm³/mol. The number of nitrogens with two attached hydrogens (primary N) is 1. The normalized spacial score (nSPS) is 33.8. The van der Waals surface area contributed by atoms with Gasteiger partial charge in [-0.3, -0.25) is 4.90 Å². The van der Waals surface area contributed by atoms with Gasteiger partial charge in [-0.25, -0.2) is 0 Å². The van der Waals surface area contributed by atoms with Crippen LogP contribution < -0.4 is 5.73 Å². The number of likely N-dealkylation sites (N-methyl/N-ethyl adjacent to an activating group) is 1. The maximum atomic E-state index is 6.25. The maximum Gasteiger partial charge on any atom is 0.0345 e. The summed E-state index contributed by atoms with van der Waals surface area (Å²) in [7, 11) is 4.42. The third kappa shape index (κ3) is 3.53. The van der Waals surface area contributed by atoms with E-state index in [0.29, 0.717) is 6.04 Å². The van der Waals surface area contributed by atoms with Gasteiger partial charge in [0, 0.05) is 31.2 Å². The van der Waals surface area contributed by atoms with Crippen LogP contribution >= 0.6 is 0 Å². The molecule has 0 aromatic rings. The van der Waals surface area contributed by atoms with E-state index in [0.717, 1.165) is 6.54 Å². The van der Waals surface area contributed by atoms with Crippen LogP contribution in [0.15, 0.2) is 0 Å². The first kappa shape index (κ1) is 16.2. The minimum Gasteiger partial charge on any atom is -0.329 e. The Morgan fingerprint density at radius 1 is 1.20 bits per heavy atom. The van der Waals surface area contributed by atoms with Crippen molar-refractivity contribution >= 4 is 0 Å². The van der Waals surface area contributed by atoms with Crippen molar-refractivity contribution in [2.75, 3.05) is 53.4 Å². The van der Waals surface area contributed by atoms with E-state index in [-0.39, 0.29) is 5.54 Å². The third-order valence-electron chi connectivity index (χ3n) is 5.49. The van der Waals surface area contributed by atoms with Gasteiger partial charge in [-0.2, -0.15) is 0 Å². The highest BCUT2D eigenvalue weighted by Gasteiger charge is 2.40. The maximum absolute atomic E-state index is 6.25. The monoisotopic (exact) mass is 282 g/mol. The van der Waals surface area contributed by atoms with Gasteiger partial charge in [0.25, 0.3) is 0 Å². The summed E-state index contributed by atoms with van der Waals surface area (Å²) in [5.41, 5.74) is 6.53. The molecule has 2 aliphatic heterocycles. The number of likely N-dealkylation sites (tertiary alicyclic amines) is 2. The molecule has 2 heterocycles. The van der Waals surface area contributed by atoms with Gasteiger partial charge in [-0.05, 0) is 65.8 Å². The Kier molecular flexibility index (Phi) is 5.84. The van der Waals surface area contributed by atoms with Gasteiger partial charge in [0.05, 0.1) is 0 Å². The number of nitrogens with zero attached hydrogens (tertiary/aromatic N) is 3. The van der Waals surface area contributed by atoms with Crippen LogP contribution in [0.1, 0.15) is 39.0 Å². The highest BCUT2D eigenvalue weighted by Crippen LogP contribution is 2.32. The van der Waals surface area contributed by atoms with E-state index in [1.165, 1.54) is 64.8 Å². The van der Waals surface area contributed by atoms with Crippen molar-refractivity contribution in [1.82, 2.24) is 14.7 Å². The van der Waals surface area contributed by atoms with E-state index in [1.54, 1.807) is 0 Å². The molecule has 0 saturated carbocycles. The number of hydrogen-bond donors (Lipinski definition) is 1. The van der Waals surface area contributed by atoms with Gasteiger partial charge in [-0.1, -0.05) is 6.92 Å². The molecule has 2 fully saturated rings. The highest BCUT2D eigenvalue weighted by molar-refractivity contribution is 4.98. The van der Waals surface area contributed by atoms with Crippen LogP contribution in [-0.2, 0) is 0 Å². The summed E-state index contributed by atoms with van der Waals surface area (Å²) in [5.74, 6) is 0. The molecule has 2 aliphatic rings. The molecule has 2 rings (SSSR count). The molecule has 2 saturated heterocycles. The largest absolute Gasteiger partial charge is 0.329 e. The molecule has 0 radical (unpaired) electrons. The van der Waals surface area contributed by atoms with Gasteiger partial charge in [0.1, 0.15) is 0 Å². The van der Waals surface area contributed by atoms with E-state index in [9.17, 15) is 0 Å². The van der Waals surface area contributed by atoms with Crippen molar-refractivity contribution in [2.45, 2.75) is 50.6 Å². The van der Waals surface area contributed by atoms with E-state index < -0.39 is 0 Å². The summed E-state index contributed by atoms with van der Waals surface area (Å²) < 4.78 is 0. The van der Waals surface area contributed by atoms with Gasteiger partial charge in [0.2, 0.25) is 0 Å². The predicted octanol–water partition coefficient (Wildman–Crippen LogP) is 1.22. The summed E-state index contributed by atoms with van der Waals surface area (Å²) in [6.45, 7) is 9.29. The average molecular weight is 282 g/mol. The topological polar surface area (TPSA) is 35.7 Å². The number of rotatable bonds is 5. The second-order valence-corrected chi connectivity index (χ2v) is 6.98. The molecule has 0 aromatic heterocycles. The highest BCUT2D eigenvalue weighted by atomic mass is 15.3. The Hall–Kier alpha value is -0.160. The van der Waals surface area contributed by atoms with Gasteiger partial charge in [-0.15, -0.1) is 0 Å². The Balaban J connectivity index is 1.99. The standard InChI is InChI=1S/C16H34N4/c1-4-9-19-10-5-7-16(14-17,8-12-19)20-11-6-15(13-20)18(2)3/h15H,4-14,17H2,1-3H3. The molecular weight excluding hydrogens is 248 g/mol. The van der Waals surface area contributed by atoms with E-state index in [4.69, 9.17) is 5.73 Å². The lowest BCUT2D eigenvalue weighted by atomic mass is 9.88. The van der Waals surface area contributed by atoms with Crippen LogP contribution in [0, 0.1) is 0 Å². The molecule has 4 heteroatoms. The molecule has 20 heavy (non-hydrogen) atoms. The smallest absolute Gasteiger partial charge is 0.0345 e. The lowest BCUT2D eigenvalue weighted by Gasteiger charge is -2.41. The molecule has 2 atom stereocenters. The molecule has 0 spiro atoms.